The Bertz CT molecular complexity index is 497. The van der Waals surface area contributed by atoms with Gasteiger partial charge in [0, 0.05) is 16.6 Å². The second-order valence-electron chi connectivity index (χ2n) is 3.32. The summed E-state index contributed by atoms with van der Waals surface area (Å²) in [5.74, 6) is 0.126. The van der Waals surface area contributed by atoms with E-state index in [1.807, 2.05) is 12.1 Å². The van der Waals surface area contributed by atoms with Gasteiger partial charge in [0.05, 0.1) is 4.90 Å². The average Bonchev–Trinajstić information content (AvgIpc) is 2.25. The zero-order chi connectivity index (χ0) is 11.5. The smallest absolute Gasteiger partial charge is 0.133 e. The van der Waals surface area contributed by atoms with E-state index in [4.69, 9.17) is 10.8 Å². The first-order chi connectivity index (χ1) is 7.65. The van der Waals surface area contributed by atoms with Crippen molar-refractivity contribution in [3.05, 3.63) is 42.5 Å². The Kier molecular flexibility index (Phi) is 2.92. The molecular weight excluding hydrogens is 222 g/mol. The molecule has 0 unspecified atom stereocenters. The first-order valence-electron chi connectivity index (χ1n) is 4.70. The molecule has 0 radical (unpaired) electrons. The van der Waals surface area contributed by atoms with Crippen LogP contribution in [0.3, 0.4) is 0 Å². The van der Waals surface area contributed by atoms with E-state index in [0.717, 1.165) is 4.90 Å². The summed E-state index contributed by atoms with van der Waals surface area (Å²) in [5.41, 5.74) is 6.29. The summed E-state index contributed by atoms with van der Waals surface area (Å²) < 4.78 is 0. The van der Waals surface area contributed by atoms with Crippen molar-refractivity contribution in [3.63, 3.8) is 0 Å². The fourth-order valence-corrected chi connectivity index (χ4v) is 2.08. The van der Waals surface area contributed by atoms with Gasteiger partial charge in [-0.15, -0.1) is 0 Å². The fourth-order valence-electron chi connectivity index (χ4n) is 1.25. The van der Waals surface area contributed by atoms with Gasteiger partial charge in [-0.2, -0.15) is 0 Å². The molecule has 0 fully saturated rings. The minimum Gasteiger partial charge on any atom is -0.508 e. The summed E-state index contributed by atoms with van der Waals surface area (Å²) >= 11 is 1.41. The molecule has 0 atom stereocenters. The van der Waals surface area contributed by atoms with Crippen LogP contribution in [0.5, 0.6) is 11.5 Å². The van der Waals surface area contributed by atoms with E-state index in [9.17, 15) is 5.11 Å². The maximum atomic E-state index is 9.60. The molecule has 0 aromatic heterocycles. The van der Waals surface area contributed by atoms with Gasteiger partial charge in [0.2, 0.25) is 0 Å². The molecule has 2 aromatic carbocycles. The van der Waals surface area contributed by atoms with E-state index < -0.39 is 0 Å². The molecule has 0 aliphatic rings. The van der Waals surface area contributed by atoms with Gasteiger partial charge in [-0.3, -0.25) is 0 Å². The van der Waals surface area contributed by atoms with Gasteiger partial charge in [-0.05, 0) is 36.4 Å². The number of aromatic hydroxyl groups is 2. The highest BCUT2D eigenvalue weighted by Crippen LogP contribution is 2.36. The van der Waals surface area contributed by atoms with E-state index in [1.165, 1.54) is 17.8 Å². The molecule has 2 rings (SSSR count). The zero-order valence-electron chi connectivity index (χ0n) is 8.42. The van der Waals surface area contributed by atoms with Crippen LogP contribution in [0.1, 0.15) is 0 Å². The standard InChI is InChI=1S/C12H11NO2S/c13-8-1-4-10(5-2-8)16-12-6-3-9(14)7-11(12)15/h1-7,14-15H,13H2. The first-order valence-corrected chi connectivity index (χ1v) is 5.52. The molecule has 82 valence electrons. The Morgan fingerprint density at radius 3 is 2.25 bits per heavy atom. The van der Waals surface area contributed by atoms with Gasteiger partial charge in [0.25, 0.3) is 0 Å². The van der Waals surface area contributed by atoms with Gasteiger partial charge in [-0.1, -0.05) is 11.8 Å². The molecule has 0 amide bonds. The number of hydrogen-bond donors (Lipinski definition) is 3. The van der Waals surface area contributed by atoms with Crippen LogP contribution in [-0.2, 0) is 0 Å². The molecule has 0 saturated carbocycles. The van der Waals surface area contributed by atoms with Crippen LogP contribution in [-0.4, -0.2) is 10.2 Å². The van der Waals surface area contributed by atoms with Gasteiger partial charge in [0.1, 0.15) is 11.5 Å². The summed E-state index contributed by atoms with van der Waals surface area (Å²) in [6.07, 6.45) is 0. The van der Waals surface area contributed by atoms with E-state index >= 15 is 0 Å². The lowest BCUT2D eigenvalue weighted by molar-refractivity contribution is 0.442. The van der Waals surface area contributed by atoms with E-state index in [-0.39, 0.29) is 11.5 Å². The number of phenolic OH excluding ortho intramolecular Hbond substituents is 2. The number of anilines is 1. The Balaban J connectivity index is 2.23. The Morgan fingerprint density at radius 1 is 0.938 bits per heavy atom. The molecule has 4 heteroatoms. The summed E-state index contributed by atoms with van der Waals surface area (Å²) in [7, 11) is 0. The number of nitrogen functional groups attached to an aromatic ring is 1. The van der Waals surface area contributed by atoms with Crippen molar-refractivity contribution in [2.45, 2.75) is 9.79 Å². The van der Waals surface area contributed by atoms with Crippen molar-refractivity contribution < 1.29 is 10.2 Å². The average molecular weight is 233 g/mol. The molecule has 0 aliphatic carbocycles. The lowest BCUT2D eigenvalue weighted by atomic mass is 10.3. The molecule has 2 aromatic rings. The van der Waals surface area contributed by atoms with Crippen molar-refractivity contribution in [1.82, 2.24) is 0 Å². The van der Waals surface area contributed by atoms with Crippen LogP contribution in [0.25, 0.3) is 0 Å². The normalized spacial score (nSPS) is 10.2. The van der Waals surface area contributed by atoms with E-state index in [0.29, 0.717) is 10.6 Å². The molecule has 3 nitrogen and oxygen atoms in total. The highest BCUT2D eigenvalue weighted by molar-refractivity contribution is 7.99. The second-order valence-corrected chi connectivity index (χ2v) is 4.44. The molecule has 0 spiro atoms. The van der Waals surface area contributed by atoms with Crippen LogP contribution in [0.4, 0.5) is 5.69 Å². The lowest BCUT2D eigenvalue weighted by Crippen LogP contribution is -1.82. The predicted molar refractivity (Wildman–Crippen MR) is 64.7 cm³/mol. The monoisotopic (exact) mass is 233 g/mol. The third-order valence-electron chi connectivity index (χ3n) is 2.05. The van der Waals surface area contributed by atoms with E-state index in [1.54, 1.807) is 24.3 Å². The maximum Gasteiger partial charge on any atom is 0.133 e. The molecule has 0 bridgehead atoms. The maximum absolute atomic E-state index is 9.60. The minimum absolute atomic E-state index is 0.0548. The van der Waals surface area contributed by atoms with Crippen LogP contribution in [0.2, 0.25) is 0 Å². The van der Waals surface area contributed by atoms with Crippen LogP contribution < -0.4 is 5.73 Å². The number of nitrogens with two attached hydrogens (primary N) is 1. The topological polar surface area (TPSA) is 66.5 Å². The summed E-state index contributed by atoms with van der Waals surface area (Å²) in [5, 5.41) is 18.8. The summed E-state index contributed by atoms with van der Waals surface area (Å²) in [6, 6.07) is 11.9. The molecule has 0 saturated heterocycles. The van der Waals surface area contributed by atoms with Gasteiger partial charge >= 0.3 is 0 Å². The summed E-state index contributed by atoms with van der Waals surface area (Å²) in [4.78, 5) is 1.68. The molecular formula is C12H11NO2S. The van der Waals surface area contributed by atoms with Crippen LogP contribution >= 0.6 is 11.8 Å². The van der Waals surface area contributed by atoms with Crippen molar-refractivity contribution in [2.24, 2.45) is 0 Å². The minimum atomic E-state index is 0.0548. The number of phenols is 2. The SMILES string of the molecule is Nc1ccc(Sc2ccc(O)cc2O)cc1. The Morgan fingerprint density at radius 2 is 1.62 bits per heavy atom. The third-order valence-corrected chi connectivity index (χ3v) is 3.12. The second kappa shape index (κ2) is 4.37. The quantitative estimate of drug-likeness (QED) is 0.698. The van der Waals surface area contributed by atoms with Gasteiger partial charge < -0.3 is 15.9 Å². The fraction of sp³-hybridized carbons (Fsp3) is 0. The third kappa shape index (κ3) is 2.41. The van der Waals surface area contributed by atoms with Crippen molar-refractivity contribution >= 4 is 17.4 Å². The highest BCUT2D eigenvalue weighted by atomic mass is 32.2. The summed E-state index contributed by atoms with van der Waals surface area (Å²) in [6.45, 7) is 0. The molecule has 0 heterocycles. The van der Waals surface area contributed by atoms with Crippen LogP contribution in [0.15, 0.2) is 52.3 Å². The van der Waals surface area contributed by atoms with Gasteiger partial charge in [-0.25, -0.2) is 0 Å². The van der Waals surface area contributed by atoms with E-state index in [2.05, 4.69) is 0 Å². The molecule has 16 heavy (non-hydrogen) atoms. The highest BCUT2D eigenvalue weighted by Gasteiger charge is 2.04. The van der Waals surface area contributed by atoms with Crippen molar-refractivity contribution in [2.75, 3.05) is 5.73 Å². The van der Waals surface area contributed by atoms with Crippen molar-refractivity contribution in [1.29, 1.82) is 0 Å². The van der Waals surface area contributed by atoms with Gasteiger partial charge in [0.15, 0.2) is 0 Å². The number of rotatable bonds is 2. The number of hydrogen-bond acceptors (Lipinski definition) is 4. The van der Waals surface area contributed by atoms with Crippen LogP contribution in [0, 0.1) is 0 Å². The Hall–Kier alpha value is -1.81. The van der Waals surface area contributed by atoms with Crippen molar-refractivity contribution in [3.8, 4) is 11.5 Å². The first kappa shape index (κ1) is 10.7. The largest absolute Gasteiger partial charge is 0.508 e. The number of benzene rings is 2. The lowest BCUT2D eigenvalue weighted by Gasteiger charge is -2.04. The molecule has 4 N–H and O–H groups in total. The zero-order valence-corrected chi connectivity index (χ0v) is 9.24. The molecule has 0 aliphatic heterocycles. The predicted octanol–water partition coefficient (Wildman–Crippen LogP) is 2.83. The Labute approximate surface area is 97.5 Å².